The molecule has 5 heteroatoms. The highest BCUT2D eigenvalue weighted by molar-refractivity contribution is 5.86. The number of nitrogens with zero attached hydrogens (tertiary/aromatic N) is 1. The Morgan fingerprint density at radius 3 is 3.05 bits per heavy atom. The number of benzene rings is 1. The number of ether oxygens (including phenoxy) is 1. The second-order valence-electron chi connectivity index (χ2n) is 5.58. The Balaban J connectivity index is 1.74. The normalized spacial score (nSPS) is 24.2. The Kier molecular flexibility index (Phi) is 3.92. The average molecular weight is 289 g/mol. The van der Waals surface area contributed by atoms with Crippen LogP contribution >= 0.6 is 0 Å². The molecule has 0 spiro atoms. The minimum atomic E-state index is -0.328. The third-order valence-electron chi connectivity index (χ3n) is 4.35. The van der Waals surface area contributed by atoms with Crippen LogP contribution in [-0.2, 0) is 20.7 Å². The van der Waals surface area contributed by atoms with Gasteiger partial charge in [0.15, 0.2) is 6.04 Å². The summed E-state index contributed by atoms with van der Waals surface area (Å²) in [5.41, 5.74) is 2.59. The van der Waals surface area contributed by atoms with Crippen molar-refractivity contribution in [1.29, 1.82) is 0 Å². The number of piperazine rings is 1. The summed E-state index contributed by atoms with van der Waals surface area (Å²) in [7, 11) is 0. The van der Waals surface area contributed by atoms with E-state index in [0.717, 1.165) is 19.5 Å². The Bertz CT molecular complexity index is 558. The molecule has 2 aliphatic heterocycles. The Morgan fingerprint density at radius 1 is 1.43 bits per heavy atom. The largest absolute Gasteiger partial charge is 0.466 e. The maximum Gasteiger partial charge on any atom is 0.312 e. The van der Waals surface area contributed by atoms with Gasteiger partial charge in [-0.05, 0) is 24.5 Å². The topological polar surface area (TPSA) is 63.2 Å². The van der Waals surface area contributed by atoms with Crippen LogP contribution in [0.15, 0.2) is 24.3 Å². The summed E-state index contributed by atoms with van der Waals surface area (Å²) >= 11 is 0. The van der Waals surface area contributed by atoms with E-state index in [0.29, 0.717) is 6.61 Å². The number of hydrogen-bond acceptors (Lipinski definition) is 3. The minimum Gasteiger partial charge on any atom is -0.466 e. The van der Waals surface area contributed by atoms with Gasteiger partial charge in [-0.15, -0.1) is 0 Å². The van der Waals surface area contributed by atoms with E-state index in [4.69, 9.17) is 4.74 Å². The molecule has 3 rings (SSSR count). The van der Waals surface area contributed by atoms with Crippen LogP contribution in [0.4, 0.5) is 0 Å². The van der Waals surface area contributed by atoms with Crippen molar-refractivity contribution < 1.29 is 19.6 Å². The average Bonchev–Trinajstić information content (AvgIpc) is 2.50. The summed E-state index contributed by atoms with van der Waals surface area (Å²) in [4.78, 5) is 26.1. The van der Waals surface area contributed by atoms with Crippen molar-refractivity contribution >= 4 is 11.9 Å². The fraction of sp³-hybridized carbons (Fsp3) is 0.500. The monoisotopic (exact) mass is 289 g/mol. The highest BCUT2D eigenvalue weighted by Crippen LogP contribution is 2.30. The smallest absolute Gasteiger partial charge is 0.312 e. The van der Waals surface area contributed by atoms with Crippen LogP contribution in [0, 0.1) is 0 Å². The molecule has 1 aromatic carbocycles. The van der Waals surface area contributed by atoms with Gasteiger partial charge in [0.05, 0.1) is 6.61 Å². The highest BCUT2D eigenvalue weighted by atomic mass is 16.5. The fourth-order valence-electron chi connectivity index (χ4n) is 3.35. The molecule has 0 radical (unpaired) electrons. The van der Waals surface area contributed by atoms with Gasteiger partial charge in [-0.3, -0.25) is 9.59 Å². The second kappa shape index (κ2) is 5.85. The van der Waals surface area contributed by atoms with Gasteiger partial charge in [0, 0.05) is 6.54 Å². The van der Waals surface area contributed by atoms with Crippen molar-refractivity contribution in [2.45, 2.75) is 31.8 Å². The molecule has 2 N–H and O–H groups in total. The molecule has 1 fully saturated rings. The quantitative estimate of drug-likeness (QED) is 0.797. The highest BCUT2D eigenvalue weighted by Gasteiger charge is 2.42. The SMILES string of the molecule is CCOC(=O)C[C@@H]1[NH2+]C[C@@H]2c3ccccc3CCN2C1=O. The first-order valence-corrected chi connectivity index (χ1v) is 7.58. The summed E-state index contributed by atoms with van der Waals surface area (Å²) < 4.78 is 4.96. The van der Waals surface area contributed by atoms with E-state index in [1.807, 2.05) is 22.3 Å². The summed E-state index contributed by atoms with van der Waals surface area (Å²) in [6.45, 7) is 3.70. The van der Waals surface area contributed by atoms with E-state index in [9.17, 15) is 9.59 Å². The lowest BCUT2D eigenvalue weighted by Crippen LogP contribution is -2.97. The number of quaternary nitrogens is 1. The maximum atomic E-state index is 12.6. The standard InChI is InChI=1S/C16H20N2O3/c1-2-21-15(19)9-13-16(20)18-8-7-11-5-3-4-6-12(11)14(18)10-17-13/h3-6,13-14,17H,2,7-10H2,1H3/p+1/t13-,14+/m0/s1. The third kappa shape index (κ3) is 2.65. The van der Waals surface area contributed by atoms with Crippen LogP contribution < -0.4 is 5.32 Å². The van der Waals surface area contributed by atoms with Gasteiger partial charge in [0.1, 0.15) is 19.0 Å². The number of carbonyl (C=O) groups is 2. The molecular weight excluding hydrogens is 268 g/mol. The molecule has 112 valence electrons. The first-order valence-electron chi connectivity index (χ1n) is 7.58. The predicted molar refractivity (Wildman–Crippen MR) is 76.4 cm³/mol. The molecule has 0 unspecified atom stereocenters. The van der Waals surface area contributed by atoms with Crippen molar-refractivity contribution in [1.82, 2.24) is 4.90 Å². The van der Waals surface area contributed by atoms with Crippen molar-refractivity contribution in [2.24, 2.45) is 0 Å². The van der Waals surface area contributed by atoms with Gasteiger partial charge in [-0.2, -0.15) is 0 Å². The third-order valence-corrected chi connectivity index (χ3v) is 4.35. The Morgan fingerprint density at radius 2 is 2.24 bits per heavy atom. The molecule has 1 aromatic rings. The van der Waals surface area contributed by atoms with Crippen molar-refractivity contribution in [2.75, 3.05) is 19.7 Å². The first-order chi connectivity index (χ1) is 10.2. The molecular formula is C16H21N2O3+. The van der Waals surface area contributed by atoms with Gasteiger partial charge < -0.3 is 15.0 Å². The molecule has 1 saturated heterocycles. The van der Waals surface area contributed by atoms with E-state index in [1.165, 1.54) is 11.1 Å². The summed E-state index contributed by atoms with van der Waals surface area (Å²) in [5, 5.41) is 1.99. The number of hydrogen-bond donors (Lipinski definition) is 1. The molecule has 0 aromatic heterocycles. The van der Waals surface area contributed by atoms with Crippen molar-refractivity contribution in [3.05, 3.63) is 35.4 Å². The lowest BCUT2D eigenvalue weighted by molar-refractivity contribution is -0.688. The zero-order valence-electron chi connectivity index (χ0n) is 12.2. The maximum absolute atomic E-state index is 12.6. The molecule has 5 nitrogen and oxygen atoms in total. The number of carbonyl (C=O) groups excluding carboxylic acids is 2. The summed E-state index contributed by atoms with van der Waals surface area (Å²) in [6.07, 6.45) is 1.06. The minimum absolute atomic E-state index is 0.0637. The van der Waals surface area contributed by atoms with Crippen LogP contribution in [0.1, 0.15) is 30.5 Å². The number of nitrogens with two attached hydrogens (primary N) is 1. The van der Waals surface area contributed by atoms with E-state index < -0.39 is 0 Å². The van der Waals surface area contributed by atoms with Crippen LogP contribution in [0.5, 0.6) is 0 Å². The first kappa shape index (κ1) is 14.1. The molecule has 1 amide bonds. The van der Waals surface area contributed by atoms with Crippen LogP contribution in [0.3, 0.4) is 0 Å². The second-order valence-corrected chi connectivity index (χ2v) is 5.58. The zero-order chi connectivity index (χ0) is 14.8. The van der Waals surface area contributed by atoms with Crippen LogP contribution in [0.25, 0.3) is 0 Å². The number of amides is 1. The van der Waals surface area contributed by atoms with Gasteiger partial charge in [-0.25, -0.2) is 0 Å². The summed E-state index contributed by atoms with van der Waals surface area (Å²) in [6, 6.07) is 8.14. The fourth-order valence-corrected chi connectivity index (χ4v) is 3.35. The Hall–Kier alpha value is -1.88. The lowest BCUT2D eigenvalue weighted by Gasteiger charge is -2.41. The zero-order valence-corrected chi connectivity index (χ0v) is 12.2. The number of rotatable bonds is 3. The van der Waals surface area contributed by atoms with Gasteiger partial charge in [0.2, 0.25) is 0 Å². The van der Waals surface area contributed by atoms with Gasteiger partial charge >= 0.3 is 5.97 Å². The van der Waals surface area contributed by atoms with Gasteiger partial charge in [-0.1, -0.05) is 24.3 Å². The van der Waals surface area contributed by atoms with Crippen molar-refractivity contribution in [3.63, 3.8) is 0 Å². The Labute approximate surface area is 124 Å². The molecule has 2 atom stereocenters. The molecule has 0 saturated carbocycles. The van der Waals surface area contributed by atoms with E-state index >= 15 is 0 Å². The molecule has 2 aliphatic rings. The van der Waals surface area contributed by atoms with E-state index in [-0.39, 0.29) is 30.4 Å². The predicted octanol–water partition coefficient (Wildman–Crippen LogP) is 0.0112. The molecule has 0 aliphatic carbocycles. The number of esters is 1. The molecule has 2 heterocycles. The lowest BCUT2D eigenvalue weighted by atomic mass is 9.90. The van der Waals surface area contributed by atoms with Gasteiger partial charge in [0.25, 0.3) is 5.91 Å². The molecule has 21 heavy (non-hydrogen) atoms. The van der Waals surface area contributed by atoms with Crippen LogP contribution in [-0.4, -0.2) is 42.5 Å². The van der Waals surface area contributed by atoms with Crippen molar-refractivity contribution in [3.8, 4) is 0 Å². The summed E-state index contributed by atoms with van der Waals surface area (Å²) in [5.74, 6) is -0.225. The van der Waals surface area contributed by atoms with E-state index in [2.05, 4.69) is 12.1 Å². The molecule has 0 bridgehead atoms. The van der Waals surface area contributed by atoms with Crippen LogP contribution in [0.2, 0.25) is 0 Å². The van der Waals surface area contributed by atoms with E-state index in [1.54, 1.807) is 6.92 Å². The number of fused-ring (bicyclic) bond motifs is 3.